The summed E-state index contributed by atoms with van der Waals surface area (Å²) in [6, 6.07) is 19.8. The fourth-order valence-electron chi connectivity index (χ4n) is 4.61. The fraction of sp³-hybridized carbons (Fsp3) is 0.208. The van der Waals surface area contributed by atoms with Gasteiger partial charge in [-0.15, -0.1) is 0 Å². The summed E-state index contributed by atoms with van der Waals surface area (Å²) >= 11 is 0. The lowest BCUT2D eigenvalue weighted by Crippen LogP contribution is -2.61. The van der Waals surface area contributed by atoms with Crippen molar-refractivity contribution in [3.8, 4) is 17.9 Å². The maximum absolute atomic E-state index is 9.41. The summed E-state index contributed by atoms with van der Waals surface area (Å²) in [7, 11) is 2.03. The Bertz CT molecular complexity index is 1310. The molecule has 1 unspecified atom stereocenters. The van der Waals surface area contributed by atoms with Gasteiger partial charge in [-0.1, -0.05) is 24.3 Å². The molecular formula is C24H18N4O. The van der Waals surface area contributed by atoms with Crippen LogP contribution in [-0.4, -0.2) is 19.0 Å². The van der Waals surface area contributed by atoms with Crippen molar-refractivity contribution in [3.63, 3.8) is 0 Å². The maximum Gasteiger partial charge on any atom is 0.228 e. The van der Waals surface area contributed by atoms with Crippen molar-refractivity contribution >= 4 is 28.4 Å². The van der Waals surface area contributed by atoms with Gasteiger partial charge in [0.05, 0.1) is 22.8 Å². The highest BCUT2D eigenvalue weighted by Gasteiger charge is 2.58. The Kier molecular flexibility index (Phi) is 3.33. The van der Waals surface area contributed by atoms with Gasteiger partial charge in [-0.05, 0) is 49.1 Å². The number of hydrogen-bond acceptors (Lipinski definition) is 5. The Morgan fingerprint density at radius 2 is 1.72 bits per heavy atom. The second kappa shape index (κ2) is 5.59. The van der Waals surface area contributed by atoms with E-state index in [1.165, 1.54) is 5.56 Å². The smallest absolute Gasteiger partial charge is 0.228 e. The lowest BCUT2D eigenvalue weighted by molar-refractivity contribution is 0.0826. The van der Waals surface area contributed by atoms with Gasteiger partial charge in [0.25, 0.3) is 0 Å². The molecule has 0 bridgehead atoms. The van der Waals surface area contributed by atoms with Crippen molar-refractivity contribution in [2.45, 2.75) is 25.0 Å². The monoisotopic (exact) mass is 378 g/mol. The normalized spacial score (nSPS) is 20.7. The van der Waals surface area contributed by atoms with Crippen molar-refractivity contribution in [3.05, 3.63) is 65.2 Å². The Morgan fingerprint density at radius 1 is 1.00 bits per heavy atom. The number of benzene rings is 3. The average Bonchev–Trinajstić information content (AvgIpc) is 2.91. The highest BCUT2D eigenvalue weighted by molar-refractivity contribution is 6.01. The summed E-state index contributed by atoms with van der Waals surface area (Å²) in [5.74, 6) is 0.668. The van der Waals surface area contributed by atoms with Gasteiger partial charge >= 0.3 is 0 Å². The molecule has 29 heavy (non-hydrogen) atoms. The molecule has 0 saturated heterocycles. The number of likely N-dealkylation sites (N-methyl/N-ethyl adjacent to an activating group) is 1. The van der Waals surface area contributed by atoms with E-state index in [1.54, 1.807) is 12.1 Å². The molecule has 0 fully saturated rings. The Hall–Kier alpha value is -3.83. The number of anilines is 1. The highest BCUT2D eigenvalue weighted by atomic mass is 16.5. The van der Waals surface area contributed by atoms with Gasteiger partial charge in [0.15, 0.2) is 0 Å². The van der Waals surface area contributed by atoms with Crippen LogP contribution >= 0.6 is 0 Å². The number of nitrogens with zero attached hydrogens (tertiary/aromatic N) is 4. The van der Waals surface area contributed by atoms with Crippen LogP contribution in [0.25, 0.3) is 10.8 Å². The van der Waals surface area contributed by atoms with Gasteiger partial charge in [-0.2, -0.15) is 10.5 Å². The van der Waals surface area contributed by atoms with Crippen LogP contribution < -0.4 is 9.64 Å². The molecule has 0 radical (unpaired) electrons. The van der Waals surface area contributed by atoms with Crippen LogP contribution in [0.3, 0.4) is 0 Å². The van der Waals surface area contributed by atoms with Crippen LogP contribution in [0, 0.1) is 22.7 Å². The number of fused-ring (bicyclic) bond motifs is 4. The SMILES string of the molecule is CN1c2ccccc2C(C)(C)C12C=Nc1c(ccc3cc(C#N)c(C#N)cc13)O2. The molecule has 3 aromatic rings. The number of ether oxygens (including phenoxy) is 1. The van der Waals surface area contributed by atoms with Crippen LogP contribution in [-0.2, 0) is 5.41 Å². The second-order valence-corrected chi connectivity index (χ2v) is 8.01. The number of nitriles is 2. The first-order chi connectivity index (χ1) is 13.9. The van der Waals surface area contributed by atoms with Crippen LogP contribution in [0.4, 0.5) is 11.4 Å². The quantitative estimate of drug-likeness (QED) is 0.563. The summed E-state index contributed by atoms with van der Waals surface area (Å²) in [5, 5.41) is 20.4. The van der Waals surface area contributed by atoms with Gasteiger partial charge in [0.1, 0.15) is 23.6 Å². The molecule has 5 rings (SSSR count). The third kappa shape index (κ3) is 2.05. The molecule has 5 heteroatoms. The van der Waals surface area contributed by atoms with E-state index < -0.39 is 5.72 Å². The predicted molar refractivity (Wildman–Crippen MR) is 113 cm³/mol. The lowest BCUT2D eigenvalue weighted by Gasteiger charge is -2.45. The molecule has 0 N–H and O–H groups in total. The molecule has 140 valence electrons. The summed E-state index contributed by atoms with van der Waals surface area (Å²) in [6.07, 6.45) is 1.87. The van der Waals surface area contributed by atoms with E-state index in [4.69, 9.17) is 9.73 Å². The molecule has 1 atom stereocenters. The minimum atomic E-state index is -0.748. The topological polar surface area (TPSA) is 72.4 Å². The molecule has 0 saturated carbocycles. The third-order valence-corrected chi connectivity index (χ3v) is 6.30. The zero-order valence-corrected chi connectivity index (χ0v) is 16.4. The molecule has 2 aliphatic heterocycles. The van der Waals surface area contributed by atoms with Gasteiger partial charge < -0.3 is 9.64 Å². The van der Waals surface area contributed by atoms with E-state index in [0.29, 0.717) is 22.6 Å². The molecule has 3 aromatic carbocycles. The zero-order valence-electron chi connectivity index (χ0n) is 16.4. The van der Waals surface area contributed by atoms with E-state index in [2.05, 4.69) is 43.0 Å². The molecule has 0 amide bonds. The minimum absolute atomic E-state index is 0.322. The predicted octanol–water partition coefficient (Wildman–Crippen LogP) is 4.80. The van der Waals surface area contributed by atoms with Gasteiger partial charge in [0.2, 0.25) is 5.72 Å². The second-order valence-electron chi connectivity index (χ2n) is 8.01. The van der Waals surface area contributed by atoms with Crippen molar-refractivity contribution < 1.29 is 4.74 Å². The van der Waals surface area contributed by atoms with E-state index in [0.717, 1.165) is 16.5 Å². The van der Waals surface area contributed by atoms with E-state index in [-0.39, 0.29) is 5.41 Å². The molecule has 2 aliphatic rings. The van der Waals surface area contributed by atoms with Gasteiger partial charge in [0, 0.05) is 18.1 Å². The van der Waals surface area contributed by atoms with Crippen molar-refractivity contribution in [1.82, 2.24) is 0 Å². The summed E-state index contributed by atoms with van der Waals surface area (Å²) in [5.41, 5.74) is 2.66. The largest absolute Gasteiger partial charge is 0.459 e. The van der Waals surface area contributed by atoms with Crippen LogP contribution in [0.1, 0.15) is 30.5 Å². The Morgan fingerprint density at radius 3 is 2.45 bits per heavy atom. The molecule has 2 heterocycles. The average molecular weight is 378 g/mol. The highest BCUT2D eigenvalue weighted by Crippen LogP contribution is 2.54. The number of rotatable bonds is 0. The van der Waals surface area contributed by atoms with Gasteiger partial charge in [-0.25, -0.2) is 0 Å². The van der Waals surface area contributed by atoms with Crippen molar-refractivity contribution in [2.75, 3.05) is 11.9 Å². The maximum atomic E-state index is 9.41. The fourth-order valence-corrected chi connectivity index (χ4v) is 4.61. The number of hydrogen-bond donors (Lipinski definition) is 0. The third-order valence-electron chi connectivity index (χ3n) is 6.30. The van der Waals surface area contributed by atoms with E-state index in [1.807, 2.05) is 37.5 Å². The molecule has 0 aliphatic carbocycles. The van der Waals surface area contributed by atoms with Crippen molar-refractivity contribution in [1.29, 1.82) is 10.5 Å². The first-order valence-corrected chi connectivity index (χ1v) is 9.41. The molecule has 1 spiro atoms. The minimum Gasteiger partial charge on any atom is -0.459 e. The summed E-state index contributed by atoms with van der Waals surface area (Å²) in [6.45, 7) is 4.33. The number of aliphatic imine (C=N–C) groups is 1. The standard InChI is InChI=1S/C24H18N4O/c1-23(2)19-6-4-5-7-20(19)28(3)24(23)14-27-22-18-11-17(13-26)16(12-25)10-15(18)8-9-21(22)29-24/h4-11,14H,1-3H3. The van der Waals surface area contributed by atoms with Gasteiger partial charge in [-0.3, -0.25) is 4.99 Å². The summed E-state index contributed by atoms with van der Waals surface area (Å²) < 4.78 is 6.66. The zero-order chi connectivity index (χ0) is 20.4. The molecule has 0 aromatic heterocycles. The first kappa shape index (κ1) is 17.3. The number of para-hydroxylation sites is 1. The van der Waals surface area contributed by atoms with Crippen LogP contribution in [0.15, 0.2) is 53.5 Å². The van der Waals surface area contributed by atoms with E-state index in [9.17, 15) is 10.5 Å². The van der Waals surface area contributed by atoms with Crippen molar-refractivity contribution in [2.24, 2.45) is 4.99 Å². The summed E-state index contributed by atoms with van der Waals surface area (Å²) in [4.78, 5) is 6.97. The van der Waals surface area contributed by atoms with Crippen LogP contribution in [0.2, 0.25) is 0 Å². The Balaban J connectivity index is 1.71. The van der Waals surface area contributed by atoms with E-state index >= 15 is 0 Å². The lowest BCUT2D eigenvalue weighted by atomic mass is 9.77. The Labute approximate surface area is 169 Å². The molecular weight excluding hydrogens is 360 g/mol. The van der Waals surface area contributed by atoms with Crippen LogP contribution in [0.5, 0.6) is 5.75 Å². The molecule has 5 nitrogen and oxygen atoms in total. The first-order valence-electron chi connectivity index (χ1n) is 9.41.